The van der Waals surface area contributed by atoms with Gasteiger partial charge in [0.1, 0.15) is 11.6 Å². The highest BCUT2D eigenvalue weighted by atomic mass is 35.5. The summed E-state index contributed by atoms with van der Waals surface area (Å²) in [7, 11) is 3.44. The van der Waals surface area contributed by atoms with Crippen molar-refractivity contribution >= 4 is 34.8 Å². The lowest BCUT2D eigenvalue weighted by atomic mass is 10.1. The Morgan fingerprint density at radius 2 is 1.89 bits per heavy atom. The van der Waals surface area contributed by atoms with Crippen LogP contribution >= 0.6 is 23.2 Å². The molecule has 2 N–H and O–H groups in total. The Bertz CT molecular complexity index is 399. The number of aromatic nitrogens is 1. The second kappa shape index (κ2) is 7.02. The number of rotatable bonds is 6. The van der Waals surface area contributed by atoms with E-state index in [1.807, 2.05) is 0 Å². The molecule has 4 nitrogen and oxygen atoms in total. The maximum atomic E-state index is 6.13. The summed E-state index contributed by atoms with van der Waals surface area (Å²) in [6.07, 6.45) is 0. The fraction of sp³-hybridized carbons (Fsp3) is 0.583. The number of hydrogen-bond acceptors (Lipinski definition) is 4. The van der Waals surface area contributed by atoms with Gasteiger partial charge in [-0.05, 0) is 12.0 Å². The zero-order chi connectivity index (χ0) is 13.7. The van der Waals surface area contributed by atoms with Gasteiger partial charge in [-0.3, -0.25) is 0 Å². The normalized spacial score (nSPS) is 12.6. The first-order chi connectivity index (χ1) is 8.49. The Morgan fingerprint density at radius 3 is 2.39 bits per heavy atom. The summed E-state index contributed by atoms with van der Waals surface area (Å²) in [5.74, 6) is 1.61. The molecule has 0 aromatic carbocycles. The zero-order valence-electron chi connectivity index (χ0n) is 11.1. The van der Waals surface area contributed by atoms with Gasteiger partial charge >= 0.3 is 0 Å². The Balaban J connectivity index is 2.94. The van der Waals surface area contributed by atoms with Crippen LogP contribution in [0.5, 0.6) is 0 Å². The lowest BCUT2D eigenvalue weighted by molar-refractivity contribution is 0.171. The van der Waals surface area contributed by atoms with Gasteiger partial charge in [0.25, 0.3) is 0 Å². The molecule has 0 fully saturated rings. The van der Waals surface area contributed by atoms with Crippen molar-refractivity contribution < 1.29 is 4.74 Å². The second-order valence-electron chi connectivity index (χ2n) is 4.35. The van der Waals surface area contributed by atoms with Crippen molar-refractivity contribution in [2.45, 2.75) is 19.9 Å². The molecule has 1 rings (SSSR count). The quantitative estimate of drug-likeness (QED) is 0.842. The summed E-state index contributed by atoms with van der Waals surface area (Å²) in [6, 6.07) is 1.82. The largest absolute Gasteiger partial charge is 0.383 e. The molecule has 0 bridgehead atoms. The smallest absolute Gasteiger partial charge is 0.147 e. The van der Waals surface area contributed by atoms with Crippen molar-refractivity contribution in [3.8, 4) is 0 Å². The predicted octanol–water partition coefficient (Wildman–Crippen LogP) is 3.51. The molecule has 0 radical (unpaired) electrons. The summed E-state index contributed by atoms with van der Waals surface area (Å²) in [5, 5.41) is 7.21. The first-order valence-electron chi connectivity index (χ1n) is 5.78. The van der Waals surface area contributed by atoms with E-state index >= 15 is 0 Å². The number of ether oxygens (including phenoxy) is 1. The molecule has 102 valence electrons. The highest BCUT2D eigenvalue weighted by Crippen LogP contribution is 2.29. The number of pyridine rings is 1. The number of hydrogen-bond donors (Lipinski definition) is 2. The average Bonchev–Trinajstić information content (AvgIpc) is 2.31. The molecule has 1 heterocycles. The molecule has 6 heteroatoms. The van der Waals surface area contributed by atoms with E-state index in [1.54, 1.807) is 20.2 Å². The molecule has 0 spiro atoms. The first-order valence-corrected chi connectivity index (χ1v) is 6.54. The van der Waals surface area contributed by atoms with Crippen molar-refractivity contribution in [1.82, 2.24) is 4.98 Å². The van der Waals surface area contributed by atoms with Crippen LogP contribution < -0.4 is 10.6 Å². The maximum absolute atomic E-state index is 6.13. The summed E-state index contributed by atoms with van der Waals surface area (Å²) in [5.41, 5.74) is 0. The van der Waals surface area contributed by atoms with E-state index in [4.69, 9.17) is 27.9 Å². The van der Waals surface area contributed by atoms with Gasteiger partial charge in [0.05, 0.1) is 22.7 Å². The fourth-order valence-electron chi connectivity index (χ4n) is 1.50. The first kappa shape index (κ1) is 15.3. The van der Waals surface area contributed by atoms with Crippen LogP contribution in [0.1, 0.15) is 13.8 Å². The average molecular weight is 292 g/mol. The van der Waals surface area contributed by atoms with Gasteiger partial charge in [-0.1, -0.05) is 37.0 Å². The molecule has 0 saturated carbocycles. The molecular formula is C12H19Cl2N3O. The van der Waals surface area contributed by atoms with Crippen LogP contribution in [-0.4, -0.2) is 31.8 Å². The number of nitrogens with one attached hydrogen (secondary N) is 2. The molecule has 1 atom stereocenters. The molecule has 0 amide bonds. The minimum atomic E-state index is 0.144. The molecule has 0 aliphatic carbocycles. The van der Waals surface area contributed by atoms with E-state index in [9.17, 15) is 0 Å². The third kappa shape index (κ3) is 3.90. The molecule has 18 heavy (non-hydrogen) atoms. The van der Waals surface area contributed by atoms with Gasteiger partial charge in [-0.2, -0.15) is 0 Å². The predicted molar refractivity (Wildman–Crippen MR) is 77.9 cm³/mol. The highest BCUT2D eigenvalue weighted by molar-refractivity contribution is 6.37. The van der Waals surface area contributed by atoms with Gasteiger partial charge in [-0.15, -0.1) is 0 Å². The van der Waals surface area contributed by atoms with Crippen molar-refractivity contribution in [3.05, 3.63) is 16.1 Å². The van der Waals surface area contributed by atoms with E-state index < -0.39 is 0 Å². The van der Waals surface area contributed by atoms with Gasteiger partial charge in [0.15, 0.2) is 0 Å². The van der Waals surface area contributed by atoms with Crippen molar-refractivity contribution in [3.63, 3.8) is 0 Å². The molecule has 1 unspecified atom stereocenters. The minimum Gasteiger partial charge on any atom is -0.383 e. The topological polar surface area (TPSA) is 46.2 Å². The van der Waals surface area contributed by atoms with Gasteiger partial charge < -0.3 is 15.4 Å². The van der Waals surface area contributed by atoms with E-state index in [1.165, 1.54) is 0 Å². The number of nitrogens with zero attached hydrogens (tertiary/aromatic N) is 1. The van der Waals surface area contributed by atoms with Crippen molar-refractivity contribution in [1.29, 1.82) is 0 Å². The third-order valence-electron chi connectivity index (χ3n) is 2.64. The number of anilines is 2. The fourth-order valence-corrected chi connectivity index (χ4v) is 2.01. The molecule has 1 aromatic rings. The Hall–Kier alpha value is -0.710. The summed E-state index contributed by atoms with van der Waals surface area (Å²) < 4.78 is 5.18. The third-order valence-corrected chi connectivity index (χ3v) is 3.22. The van der Waals surface area contributed by atoms with Crippen LogP contribution in [0.2, 0.25) is 10.0 Å². The SMILES string of the molecule is CNc1nc(NC(COC)C(C)C)c(Cl)cc1Cl. The molecule has 0 saturated heterocycles. The van der Waals surface area contributed by atoms with Gasteiger partial charge in [-0.25, -0.2) is 4.98 Å². The van der Waals surface area contributed by atoms with Crippen LogP contribution in [0.15, 0.2) is 6.07 Å². The summed E-state index contributed by atoms with van der Waals surface area (Å²) in [6.45, 7) is 4.81. The van der Waals surface area contributed by atoms with E-state index in [0.717, 1.165) is 0 Å². The monoisotopic (exact) mass is 291 g/mol. The summed E-state index contributed by atoms with van der Waals surface area (Å²) >= 11 is 12.1. The Labute approximate surface area is 118 Å². The van der Waals surface area contributed by atoms with Crippen molar-refractivity contribution in [2.75, 3.05) is 31.4 Å². The van der Waals surface area contributed by atoms with E-state index in [2.05, 4.69) is 29.5 Å². The van der Waals surface area contributed by atoms with E-state index in [0.29, 0.717) is 34.2 Å². The van der Waals surface area contributed by atoms with Crippen LogP contribution in [0, 0.1) is 5.92 Å². The van der Waals surface area contributed by atoms with Crippen LogP contribution in [0.3, 0.4) is 0 Å². The van der Waals surface area contributed by atoms with E-state index in [-0.39, 0.29) is 6.04 Å². The standard InChI is InChI=1S/C12H19Cl2N3O/c1-7(2)10(6-18-4)16-12-9(14)5-8(13)11(15-3)17-12/h5,7,10H,6H2,1-4H3,(H2,15,16,17). The Morgan fingerprint density at radius 1 is 1.28 bits per heavy atom. The number of halogens is 2. The maximum Gasteiger partial charge on any atom is 0.147 e. The summed E-state index contributed by atoms with van der Waals surface area (Å²) in [4.78, 5) is 4.35. The Kier molecular flexibility index (Phi) is 5.99. The van der Waals surface area contributed by atoms with Gasteiger partial charge in [0.2, 0.25) is 0 Å². The lowest BCUT2D eigenvalue weighted by Crippen LogP contribution is -2.31. The lowest BCUT2D eigenvalue weighted by Gasteiger charge is -2.23. The van der Waals surface area contributed by atoms with Crippen LogP contribution in [-0.2, 0) is 4.74 Å². The van der Waals surface area contributed by atoms with Crippen LogP contribution in [0.25, 0.3) is 0 Å². The van der Waals surface area contributed by atoms with Crippen molar-refractivity contribution in [2.24, 2.45) is 5.92 Å². The van der Waals surface area contributed by atoms with Crippen LogP contribution in [0.4, 0.5) is 11.6 Å². The molecule has 0 aliphatic rings. The van der Waals surface area contributed by atoms with Gasteiger partial charge in [0, 0.05) is 14.2 Å². The molecule has 1 aromatic heterocycles. The zero-order valence-corrected chi connectivity index (χ0v) is 12.6. The molecular weight excluding hydrogens is 273 g/mol. The highest BCUT2D eigenvalue weighted by Gasteiger charge is 2.16. The molecule has 0 aliphatic heterocycles. The second-order valence-corrected chi connectivity index (χ2v) is 5.16. The minimum absolute atomic E-state index is 0.144. The number of methoxy groups -OCH3 is 1.